The van der Waals surface area contributed by atoms with Crippen LogP contribution in [0.2, 0.25) is 0 Å². The summed E-state index contributed by atoms with van der Waals surface area (Å²) in [5, 5.41) is 0. The molecule has 0 aliphatic rings. The van der Waals surface area contributed by atoms with Gasteiger partial charge in [-0.3, -0.25) is 9.80 Å². The van der Waals surface area contributed by atoms with Crippen LogP contribution in [0.25, 0.3) is 0 Å². The van der Waals surface area contributed by atoms with Crippen LogP contribution in [0.5, 0.6) is 23.0 Å². The van der Waals surface area contributed by atoms with Gasteiger partial charge >= 0.3 is 11.9 Å². The van der Waals surface area contributed by atoms with Crippen molar-refractivity contribution in [3.8, 4) is 23.0 Å². The summed E-state index contributed by atoms with van der Waals surface area (Å²) >= 11 is 0. The van der Waals surface area contributed by atoms with E-state index < -0.39 is 0 Å². The van der Waals surface area contributed by atoms with Gasteiger partial charge in [-0.2, -0.15) is 0 Å². The average Bonchev–Trinajstić information content (AvgIpc) is 3.14. The zero-order valence-electron chi connectivity index (χ0n) is 28.5. The molecule has 0 radical (unpaired) electrons. The summed E-state index contributed by atoms with van der Waals surface area (Å²) in [5.74, 6) is 2.14. The molecule has 0 unspecified atom stereocenters. The van der Waals surface area contributed by atoms with Gasteiger partial charge in [-0.1, -0.05) is 24.3 Å². The van der Waals surface area contributed by atoms with Crippen molar-refractivity contribution in [2.45, 2.75) is 13.1 Å². The Balaban J connectivity index is 0.00000650. The molecule has 0 aliphatic carbocycles. The van der Waals surface area contributed by atoms with Crippen molar-refractivity contribution in [3.05, 3.63) is 119 Å². The number of ether oxygens (including phenoxy) is 6. The smallest absolute Gasteiger partial charge is 0.338 e. The number of halogens is 1. The standard InChI is InChI=1S/C38H44N2O8.ClH/c1-43-33-13-5-29(6-14-33)27-39(23-25-47-37(41)31-9-17-35(45-3)18-10-31)21-22-40(28-30-7-15-34(44-2)16-8-30)24-26-48-38(42)32-11-19-36(46-4)20-12-32;/h5-20H,21-28H2,1-4H3;1H. The van der Waals surface area contributed by atoms with E-state index in [1.54, 1.807) is 77.0 Å². The SMILES string of the molecule is COc1ccc(CN(CCOC(=O)c2ccc(OC)cc2)CCN(CCOC(=O)c2ccc(OC)cc2)Cc2ccc(OC)cc2)cc1.Cl. The molecule has 10 nitrogen and oxygen atoms in total. The molecule has 0 N–H and O–H groups in total. The molecule has 0 aliphatic heterocycles. The van der Waals surface area contributed by atoms with Gasteiger partial charge in [0.1, 0.15) is 36.2 Å². The molecule has 0 atom stereocenters. The highest BCUT2D eigenvalue weighted by Gasteiger charge is 2.15. The van der Waals surface area contributed by atoms with E-state index in [1.165, 1.54) is 0 Å². The Morgan fingerprint density at radius 3 is 1.02 bits per heavy atom. The second-order valence-corrected chi connectivity index (χ2v) is 11.0. The molecular weight excluding hydrogens is 648 g/mol. The van der Waals surface area contributed by atoms with Gasteiger partial charge in [0.05, 0.1) is 39.6 Å². The van der Waals surface area contributed by atoms with Crippen LogP contribution in [0.1, 0.15) is 31.8 Å². The van der Waals surface area contributed by atoms with E-state index in [0.29, 0.717) is 61.9 Å². The molecule has 0 fully saturated rings. The van der Waals surface area contributed by atoms with Crippen molar-refractivity contribution < 1.29 is 38.0 Å². The van der Waals surface area contributed by atoms with Crippen molar-refractivity contribution in [1.82, 2.24) is 9.80 Å². The van der Waals surface area contributed by atoms with E-state index >= 15 is 0 Å². The van der Waals surface area contributed by atoms with E-state index in [4.69, 9.17) is 28.4 Å². The Morgan fingerprint density at radius 2 is 0.735 bits per heavy atom. The number of carbonyl (C=O) groups is 2. The van der Waals surface area contributed by atoms with Gasteiger partial charge < -0.3 is 28.4 Å². The molecule has 4 aromatic carbocycles. The molecule has 0 saturated heterocycles. The van der Waals surface area contributed by atoms with Crippen LogP contribution in [-0.2, 0) is 22.6 Å². The third-order valence-corrected chi connectivity index (χ3v) is 7.80. The van der Waals surface area contributed by atoms with Gasteiger partial charge in [-0.05, 0) is 83.9 Å². The molecule has 0 heterocycles. The largest absolute Gasteiger partial charge is 0.497 e. The Morgan fingerprint density at radius 1 is 0.449 bits per heavy atom. The second kappa shape index (κ2) is 20.6. The van der Waals surface area contributed by atoms with Gasteiger partial charge in [0.15, 0.2) is 0 Å². The maximum absolute atomic E-state index is 12.7. The quantitative estimate of drug-likeness (QED) is 0.106. The molecule has 49 heavy (non-hydrogen) atoms. The molecule has 262 valence electrons. The minimum atomic E-state index is -0.387. The second-order valence-electron chi connectivity index (χ2n) is 11.0. The zero-order chi connectivity index (χ0) is 34.1. The number of benzene rings is 4. The maximum Gasteiger partial charge on any atom is 0.338 e. The lowest BCUT2D eigenvalue weighted by Crippen LogP contribution is -2.38. The molecular formula is C38H45ClN2O8. The van der Waals surface area contributed by atoms with Crippen LogP contribution in [0.4, 0.5) is 0 Å². The molecule has 11 heteroatoms. The van der Waals surface area contributed by atoms with Crippen LogP contribution in [0.3, 0.4) is 0 Å². The van der Waals surface area contributed by atoms with Crippen LogP contribution in [0, 0.1) is 0 Å². The maximum atomic E-state index is 12.7. The predicted octanol–water partition coefficient (Wildman–Crippen LogP) is 6.16. The summed E-state index contributed by atoms with van der Waals surface area (Å²) in [6, 6.07) is 29.6. The summed E-state index contributed by atoms with van der Waals surface area (Å²) in [5.41, 5.74) is 3.14. The van der Waals surface area contributed by atoms with Gasteiger partial charge in [0, 0.05) is 39.3 Å². The highest BCUT2D eigenvalue weighted by molar-refractivity contribution is 5.90. The average molecular weight is 693 g/mol. The third-order valence-electron chi connectivity index (χ3n) is 7.80. The Labute approximate surface area is 294 Å². The first kappa shape index (κ1) is 38.7. The number of hydrogen-bond acceptors (Lipinski definition) is 10. The Kier molecular flexibility index (Phi) is 16.2. The molecule has 4 rings (SSSR count). The minimum absolute atomic E-state index is 0. The van der Waals surface area contributed by atoms with Crippen molar-refractivity contribution >= 4 is 24.3 Å². The van der Waals surface area contributed by atoms with Gasteiger partial charge in [-0.25, -0.2) is 9.59 Å². The van der Waals surface area contributed by atoms with Crippen molar-refractivity contribution in [3.63, 3.8) is 0 Å². The minimum Gasteiger partial charge on any atom is -0.497 e. The van der Waals surface area contributed by atoms with E-state index in [-0.39, 0.29) is 37.6 Å². The van der Waals surface area contributed by atoms with Crippen LogP contribution in [-0.4, -0.2) is 89.6 Å². The summed E-state index contributed by atoms with van der Waals surface area (Å²) in [6.07, 6.45) is 0. The van der Waals surface area contributed by atoms with Gasteiger partial charge in [0.25, 0.3) is 0 Å². The number of carbonyl (C=O) groups excluding carboxylic acids is 2. The number of esters is 2. The zero-order valence-corrected chi connectivity index (χ0v) is 29.3. The van der Waals surface area contributed by atoms with E-state index in [9.17, 15) is 9.59 Å². The van der Waals surface area contributed by atoms with Gasteiger partial charge in [0.2, 0.25) is 0 Å². The summed E-state index contributed by atoms with van der Waals surface area (Å²) < 4.78 is 32.3. The van der Waals surface area contributed by atoms with Crippen LogP contribution >= 0.6 is 12.4 Å². The summed E-state index contributed by atoms with van der Waals surface area (Å²) in [4.78, 5) is 29.9. The van der Waals surface area contributed by atoms with Crippen LogP contribution in [0.15, 0.2) is 97.1 Å². The highest BCUT2D eigenvalue weighted by Crippen LogP contribution is 2.17. The van der Waals surface area contributed by atoms with E-state index in [0.717, 1.165) is 22.6 Å². The van der Waals surface area contributed by atoms with Crippen molar-refractivity contribution in [2.75, 3.05) is 67.8 Å². The predicted molar refractivity (Wildman–Crippen MR) is 190 cm³/mol. The van der Waals surface area contributed by atoms with Crippen molar-refractivity contribution in [2.24, 2.45) is 0 Å². The highest BCUT2D eigenvalue weighted by atomic mass is 35.5. The first-order chi connectivity index (χ1) is 23.4. The monoisotopic (exact) mass is 692 g/mol. The fourth-order valence-electron chi connectivity index (χ4n) is 4.96. The number of hydrogen-bond donors (Lipinski definition) is 0. The molecule has 4 aromatic rings. The van der Waals surface area contributed by atoms with E-state index in [2.05, 4.69) is 9.80 Å². The number of rotatable bonds is 19. The number of nitrogens with zero attached hydrogens (tertiary/aromatic N) is 2. The van der Waals surface area contributed by atoms with Gasteiger partial charge in [-0.15, -0.1) is 12.4 Å². The lowest BCUT2D eigenvalue weighted by molar-refractivity contribution is 0.0413. The third kappa shape index (κ3) is 12.6. The Bertz CT molecular complexity index is 1430. The molecule has 0 saturated carbocycles. The molecule has 0 aromatic heterocycles. The summed E-state index contributed by atoms with van der Waals surface area (Å²) in [6.45, 7) is 4.13. The number of methoxy groups -OCH3 is 4. The molecule has 0 spiro atoms. The van der Waals surface area contributed by atoms with E-state index in [1.807, 2.05) is 48.5 Å². The lowest BCUT2D eigenvalue weighted by Gasteiger charge is -2.28. The Hall–Kier alpha value is -4.77. The van der Waals surface area contributed by atoms with Crippen molar-refractivity contribution in [1.29, 1.82) is 0 Å². The van der Waals surface area contributed by atoms with Crippen LogP contribution < -0.4 is 18.9 Å². The first-order valence-electron chi connectivity index (χ1n) is 15.7. The summed E-state index contributed by atoms with van der Waals surface area (Å²) in [7, 11) is 6.45. The lowest BCUT2D eigenvalue weighted by atomic mass is 10.2. The topological polar surface area (TPSA) is 96.0 Å². The first-order valence-corrected chi connectivity index (χ1v) is 15.7. The molecule has 0 bridgehead atoms. The fraction of sp³-hybridized carbons (Fsp3) is 0.316. The normalized spacial score (nSPS) is 10.7. The fourth-order valence-corrected chi connectivity index (χ4v) is 4.96. The molecule has 0 amide bonds.